The van der Waals surface area contributed by atoms with Gasteiger partial charge >= 0.3 is 5.97 Å². The molecule has 1 aromatic carbocycles. The fourth-order valence-electron chi connectivity index (χ4n) is 2.87. The van der Waals surface area contributed by atoms with Gasteiger partial charge in [-0.1, -0.05) is 18.2 Å². The number of rotatable bonds is 6. The van der Waals surface area contributed by atoms with Crippen molar-refractivity contribution in [1.29, 1.82) is 0 Å². The summed E-state index contributed by atoms with van der Waals surface area (Å²) in [5.41, 5.74) is 2.24. The molecular weight excluding hydrogens is 364 g/mol. The fourth-order valence-corrected chi connectivity index (χ4v) is 3.74. The maximum absolute atomic E-state index is 12.1. The molecule has 0 atom stereocenters. The summed E-state index contributed by atoms with van der Waals surface area (Å²) in [4.78, 5) is 29.9. The summed E-state index contributed by atoms with van der Waals surface area (Å²) in [6.45, 7) is 0.806. The van der Waals surface area contributed by atoms with Gasteiger partial charge in [-0.2, -0.15) is 5.10 Å². The molecule has 1 aliphatic rings. The van der Waals surface area contributed by atoms with Crippen molar-refractivity contribution >= 4 is 28.3 Å². The summed E-state index contributed by atoms with van der Waals surface area (Å²) in [6, 6.07) is 11.5. The van der Waals surface area contributed by atoms with E-state index in [1.165, 1.54) is 11.3 Å². The molecule has 138 valence electrons. The van der Waals surface area contributed by atoms with E-state index in [4.69, 9.17) is 4.74 Å². The van der Waals surface area contributed by atoms with Crippen molar-refractivity contribution in [3.05, 3.63) is 59.4 Å². The Morgan fingerprint density at radius 3 is 2.81 bits per heavy atom. The Bertz CT molecular complexity index is 951. The summed E-state index contributed by atoms with van der Waals surface area (Å²) < 4.78 is 7.05. The third kappa shape index (κ3) is 4.06. The predicted molar refractivity (Wildman–Crippen MR) is 101 cm³/mol. The second-order valence-electron chi connectivity index (χ2n) is 6.20. The van der Waals surface area contributed by atoms with Crippen molar-refractivity contribution in [1.82, 2.24) is 14.8 Å². The number of ether oxygens (including phenoxy) is 1. The standard InChI is InChI=1S/C19H18N4O3S/c24-17-7-4-9-22(17)19-20-15(13-27-19)11-18(25)26-12-14-8-10-23(21-14)16-5-2-1-3-6-16/h1-3,5-6,8,10,13H,4,7,9,11-12H2. The molecule has 8 heteroatoms. The minimum Gasteiger partial charge on any atom is -0.459 e. The molecule has 0 saturated carbocycles. The summed E-state index contributed by atoms with van der Waals surface area (Å²) in [6.07, 6.45) is 3.33. The lowest BCUT2D eigenvalue weighted by Crippen LogP contribution is -2.23. The number of hydrogen-bond donors (Lipinski definition) is 0. The van der Waals surface area contributed by atoms with Crippen molar-refractivity contribution in [3.8, 4) is 5.69 Å². The minimum atomic E-state index is -0.367. The number of aromatic nitrogens is 3. The van der Waals surface area contributed by atoms with E-state index in [-0.39, 0.29) is 24.9 Å². The van der Waals surface area contributed by atoms with E-state index in [1.54, 1.807) is 15.0 Å². The Hall–Kier alpha value is -3.00. The number of amides is 1. The third-order valence-electron chi connectivity index (χ3n) is 4.22. The van der Waals surface area contributed by atoms with Crippen LogP contribution in [0.3, 0.4) is 0 Å². The zero-order chi connectivity index (χ0) is 18.6. The van der Waals surface area contributed by atoms with Crippen LogP contribution < -0.4 is 4.90 Å². The molecule has 7 nitrogen and oxygen atoms in total. The molecule has 0 aliphatic carbocycles. The number of carbonyl (C=O) groups excluding carboxylic acids is 2. The average Bonchev–Trinajstić information content (AvgIpc) is 3.41. The van der Waals surface area contributed by atoms with Crippen molar-refractivity contribution in [3.63, 3.8) is 0 Å². The molecule has 0 bridgehead atoms. The fraction of sp³-hybridized carbons (Fsp3) is 0.263. The van der Waals surface area contributed by atoms with E-state index in [0.717, 1.165) is 12.1 Å². The van der Waals surface area contributed by atoms with Crippen LogP contribution in [0.25, 0.3) is 5.69 Å². The molecule has 2 aromatic heterocycles. The lowest BCUT2D eigenvalue weighted by Gasteiger charge is -2.10. The van der Waals surface area contributed by atoms with Gasteiger partial charge in [-0.25, -0.2) is 9.67 Å². The number of hydrogen-bond acceptors (Lipinski definition) is 6. The number of thiazole rings is 1. The first-order chi connectivity index (χ1) is 13.2. The molecule has 1 saturated heterocycles. The molecule has 0 unspecified atom stereocenters. The first-order valence-corrected chi connectivity index (χ1v) is 9.57. The van der Waals surface area contributed by atoms with Gasteiger partial charge in [-0.3, -0.25) is 14.5 Å². The van der Waals surface area contributed by atoms with Crippen LogP contribution in [0.5, 0.6) is 0 Å². The highest BCUT2D eigenvalue weighted by molar-refractivity contribution is 7.14. The van der Waals surface area contributed by atoms with E-state index in [0.29, 0.717) is 29.5 Å². The van der Waals surface area contributed by atoms with Gasteiger partial charge in [-0.15, -0.1) is 11.3 Å². The Kier molecular flexibility index (Phi) is 4.97. The highest BCUT2D eigenvalue weighted by Crippen LogP contribution is 2.25. The smallest absolute Gasteiger partial charge is 0.312 e. The van der Waals surface area contributed by atoms with E-state index in [2.05, 4.69) is 10.1 Å². The van der Waals surface area contributed by atoms with Gasteiger partial charge in [0.25, 0.3) is 0 Å². The molecule has 1 aliphatic heterocycles. The van der Waals surface area contributed by atoms with Gasteiger partial charge in [0, 0.05) is 24.5 Å². The molecule has 4 rings (SSSR count). The highest BCUT2D eigenvalue weighted by Gasteiger charge is 2.24. The van der Waals surface area contributed by atoms with Gasteiger partial charge < -0.3 is 4.74 Å². The van der Waals surface area contributed by atoms with Crippen LogP contribution in [-0.2, 0) is 27.4 Å². The first kappa shape index (κ1) is 17.4. The van der Waals surface area contributed by atoms with Crippen LogP contribution in [0, 0.1) is 0 Å². The topological polar surface area (TPSA) is 77.3 Å². The molecule has 0 spiro atoms. The van der Waals surface area contributed by atoms with Crippen LogP contribution in [0.1, 0.15) is 24.2 Å². The molecule has 3 aromatic rings. The van der Waals surface area contributed by atoms with Gasteiger partial charge in [0.2, 0.25) is 5.91 Å². The molecule has 0 N–H and O–H groups in total. The summed E-state index contributed by atoms with van der Waals surface area (Å²) in [7, 11) is 0. The minimum absolute atomic E-state index is 0.0813. The van der Waals surface area contributed by atoms with Crippen molar-refractivity contribution in [2.24, 2.45) is 0 Å². The molecule has 27 heavy (non-hydrogen) atoms. The zero-order valence-electron chi connectivity index (χ0n) is 14.6. The lowest BCUT2D eigenvalue weighted by atomic mass is 10.3. The van der Waals surface area contributed by atoms with Gasteiger partial charge in [0.1, 0.15) is 12.3 Å². The normalized spacial score (nSPS) is 13.9. The Labute approximate surface area is 160 Å². The third-order valence-corrected chi connectivity index (χ3v) is 5.13. The molecule has 1 fully saturated rings. The Balaban J connectivity index is 1.31. The summed E-state index contributed by atoms with van der Waals surface area (Å²) in [5.74, 6) is -0.277. The van der Waals surface area contributed by atoms with Gasteiger partial charge in [-0.05, 0) is 24.6 Å². The van der Waals surface area contributed by atoms with Gasteiger partial charge in [0.15, 0.2) is 5.13 Å². The SMILES string of the molecule is O=C(Cc1csc(N2CCCC2=O)n1)OCc1ccn(-c2ccccc2)n1. The second kappa shape index (κ2) is 7.71. The van der Waals surface area contributed by atoms with E-state index in [9.17, 15) is 9.59 Å². The van der Waals surface area contributed by atoms with Crippen LogP contribution in [0.4, 0.5) is 5.13 Å². The molecule has 3 heterocycles. The quantitative estimate of drug-likeness (QED) is 0.613. The number of esters is 1. The second-order valence-corrected chi connectivity index (χ2v) is 7.03. The number of carbonyl (C=O) groups is 2. The van der Waals surface area contributed by atoms with Crippen molar-refractivity contribution in [2.45, 2.75) is 25.9 Å². The summed E-state index contributed by atoms with van der Waals surface area (Å²) >= 11 is 1.38. The summed E-state index contributed by atoms with van der Waals surface area (Å²) in [5, 5.41) is 6.86. The predicted octanol–water partition coefficient (Wildman–Crippen LogP) is 2.74. The zero-order valence-corrected chi connectivity index (χ0v) is 15.4. The van der Waals surface area contributed by atoms with Crippen LogP contribution in [0.2, 0.25) is 0 Å². The van der Waals surface area contributed by atoms with Crippen molar-refractivity contribution < 1.29 is 14.3 Å². The van der Waals surface area contributed by atoms with E-state index >= 15 is 0 Å². The van der Waals surface area contributed by atoms with Crippen LogP contribution in [0.15, 0.2) is 48.0 Å². The number of para-hydroxylation sites is 1. The Morgan fingerprint density at radius 1 is 1.19 bits per heavy atom. The molecule has 0 radical (unpaired) electrons. The highest BCUT2D eigenvalue weighted by atomic mass is 32.1. The van der Waals surface area contributed by atoms with Crippen LogP contribution in [-0.4, -0.2) is 33.2 Å². The molecular formula is C19H18N4O3S. The average molecular weight is 382 g/mol. The van der Waals surface area contributed by atoms with Gasteiger partial charge in [0.05, 0.1) is 17.8 Å². The maximum Gasteiger partial charge on any atom is 0.312 e. The lowest BCUT2D eigenvalue weighted by molar-refractivity contribution is -0.144. The number of benzene rings is 1. The number of anilines is 1. The number of nitrogens with zero attached hydrogens (tertiary/aromatic N) is 4. The van der Waals surface area contributed by atoms with Crippen molar-refractivity contribution in [2.75, 3.05) is 11.4 Å². The van der Waals surface area contributed by atoms with E-state index in [1.807, 2.05) is 42.6 Å². The first-order valence-electron chi connectivity index (χ1n) is 8.69. The Morgan fingerprint density at radius 2 is 2.04 bits per heavy atom. The molecule has 1 amide bonds. The van der Waals surface area contributed by atoms with E-state index < -0.39 is 0 Å². The largest absolute Gasteiger partial charge is 0.459 e. The van der Waals surface area contributed by atoms with Crippen LogP contribution >= 0.6 is 11.3 Å². The maximum atomic E-state index is 12.1. The monoisotopic (exact) mass is 382 g/mol.